The Morgan fingerprint density at radius 3 is 3.00 bits per heavy atom. The maximum atomic E-state index is 11.5. The van der Waals surface area contributed by atoms with Gasteiger partial charge >= 0.3 is 5.97 Å². The molecule has 1 fully saturated rings. The Hall–Kier alpha value is -1.30. The van der Waals surface area contributed by atoms with Gasteiger partial charge in [0.1, 0.15) is 11.2 Å². The monoisotopic (exact) mass is 313 g/mol. The molecule has 1 heterocycles. The summed E-state index contributed by atoms with van der Waals surface area (Å²) in [6.07, 6.45) is 1.42. The number of aliphatic carboxylic acids is 1. The Bertz CT molecular complexity index is 500. The van der Waals surface area contributed by atoms with Crippen molar-refractivity contribution in [3.05, 3.63) is 28.8 Å². The number of carboxylic acids is 1. The summed E-state index contributed by atoms with van der Waals surface area (Å²) in [5.41, 5.74) is 0.169. The molecule has 21 heavy (non-hydrogen) atoms. The Morgan fingerprint density at radius 1 is 1.57 bits per heavy atom. The normalized spacial score (nSPS) is 22.0. The number of carboxylic acid groups (broad SMARTS) is 1. The largest absolute Gasteiger partial charge is 0.495 e. The van der Waals surface area contributed by atoms with Gasteiger partial charge in [-0.25, -0.2) is 0 Å². The second kappa shape index (κ2) is 7.11. The minimum absolute atomic E-state index is 0.263. The van der Waals surface area contributed by atoms with E-state index in [9.17, 15) is 9.90 Å². The molecule has 1 aromatic rings. The Kier molecular flexibility index (Phi) is 5.45. The van der Waals surface area contributed by atoms with E-state index >= 15 is 0 Å². The van der Waals surface area contributed by atoms with E-state index in [1.165, 1.54) is 0 Å². The van der Waals surface area contributed by atoms with E-state index in [1.54, 1.807) is 13.2 Å². The molecule has 1 atom stereocenters. The fraction of sp³-hybridized carbons (Fsp3) is 0.533. The lowest BCUT2D eigenvalue weighted by Gasteiger charge is -2.33. The number of hydrogen-bond acceptors (Lipinski definition) is 4. The first-order valence-electron chi connectivity index (χ1n) is 6.92. The molecule has 1 saturated heterocycles. The smallest absolute Gasteiger partial charge is 0.313 e. The molecule has 2 N–H and O–H groups in total. The van der Waals surface area contributed by atoms with Gasteiger partial charge in [-0.05, 0) is 30.5 Å². The molecule has 116 valence electrons. The van der Waals surface area contributed by atoms with Crippen LogP contribution in [0.2, 0.25) is 5.02 Å². The van der Waals surface area contributed by atoms with E-state index < -0.39 is 11.4 Å². The first-order chi connectivity index (χ1) is 10.1. The van der Waals surface area contributed by atoms with Crippen LogP contribution in [0.4, 0.5) is 0 Å². The van der Waals surface area contributed by atoms with Crippen molar-refractivity contribution < 1.29 is 19.4 Å². The Labute approximate surface area is 129 Å². The molecule has 6 heteroatoms. The molecule has 1 aromatic carbocycles. The van der Waals surface area contributed by atoms with Gasteiger partial charge in [0.05, 0.1) is 18.7 Å². The third kappa shape index (κ3) is 3.87. The number of carbonyl (C=O) groups is 1. The second-order valence-electron chi connectivity index (χ2n) is 5.31. The van der Waals surface area contributed by atoms with E-state index in [1.807, 2.05) is 12.1 Å². The van der Waals surface area contributed by atoms with E-state index in [0.29, 0.717) is 36.9 Å². The van der Waals surface area contributed by atoms with Gasteiger partial charge in [-0.3, -0.25) is 4.79 Å². The highest BCUT2D eigenvalue weighted by Gasteiger charge is 2.40. The van der Waals surface area contributed by atoms with Crippen LogP contribution in [0.1, 0.15) is 18.4 Å². The van der Waals surface area contributed by atoms with Crippen molar-refractivity contribution in [2.24, 2.45) is 5.41 Å². The number of nitrogens with one attached hydrogen (secondary N) is 1. The summed E-state index contributed by atoms with van der Waals surface area (Å²) < 4.78 is 10.5. The van der Waals surface area contributed by atoms with Gasteiger partial charge in [-0.2, -0.15) is 0 Å². The number of hydrogen-bond donors (Lipinski definition) is 2. The van der Waals surface area contributed by atoms with Crippen LogP contribution in [-0.4, -0.2) is 37.9 Å². The molecule has 1 aliphatic rings. The number of rotatable bonds is 6. The molecule has 0 bridgehead atoms. The topological polar surface area (TPSA) is 67.8 Å². The predicted octanol–water partition coefficient (Wildman–Crippen LogP) is 2.32. The van der Waals surface area contributed by atoms with Crippen LogP contribution in [0.25, 0.3) is 0 Å². The van der Waals surface area contributed by atoms with Crippen molar-refractivity contribution >= 4 is 17.6 Å². The summed E-state index contributed by atoms with van der Waals surface area (Å²) in [6, 6.07) is 5.51. The summed E-state index contributed by atoms with van der Waals surface area (Å²) >= 11 is 5.98. The number of ether oxygens (including phenoxy) is 2. The van der Waals surface area contributed by atoms with Crippen molar-refractivity contribution in [2.45, 2.75) is 19.4 Å². The Morgan fingerprint density at radius 2 is 2.38 bits per heavy atom. The van der Waals surface area contributed by atoms with Crippen LogP contribution in [0.3, 0.4) is 0 Å². The van der Waals surface area contributed by atoms with Crippen molar-refractivity contribution in [3.8, 4) is 5.75 Å². The van der Waals surface area contributed by atoms with Crippen molar-refractivity contribution in [1.82, 2.24) is 5.32 Å². The van der Waals surface area contributed by atoms with Crippen LogP contribution in [-0.2, 0) is 16.1 Å². The van der Waals surface area contributed by atoms with Crippen LogP contribution >= 0.6 is 11.6 Å². The molecule has 1 aliphatic heterocycles. The molecule has 0 amide bonds. The summed E-state index contributed by atoms with van der Waals surface area (Å²) in [4.78, 5) is 11.5. The quantitative estimate of drug-likeness (QED) is 0.843. The van der Waals surface area contributed by atoms with Gasteiger partial charge in [0.15, 0.2) is 0 Å². The van der Waals surface area contributed by atoms with E-state index in [4.69, 9.17) is 21.1 Å². The molecule has 0 aromatic heterocycles. The Balaban J connectivity index is 1.95. The van der Waals surface area contributed by atoms with Gasteiger partial charge < -0.3 is 19.9 Å². The zero-order chi connectivity index (χ0) is 15.3. The number of benzene rings is 1. The molecule has 0 aliphatic carbocycles. The first kappa shape index (κ1) is 16.1. The first-order valence-corrected chi connectivity index (χ1v) is 7.29. The number of methoxy groups -OCH3 is 1. The molecular weight excluding hydrogens is 294 g/mol. The fourth-order valence-electron chi connectivity index (χ4n) is 2.50. The van der Waals surface area contributed by atoms with Crippen LogP contribution in [0.5, 0.6) is 5.75 Å². The summed E-state index contributed by atoms with van der Waals surface area (Å²) in [6.45, 7) is 1.85. The highest BCUT2D eigenvalue weighted by atomic mass is 35.5. The van der Waals surface area contributed by atoms with Gasteiger partial charge in [-0.1, -0.05) is 17.7 Å². The van der Waals surface area contributed by atoms with Crippen molar-refractivity contribution in [2.75, 3.05) is 26.9 Å². The average Bonchev–Trinajstić information content (AvgIpc) is 2.49. The lowest BCUT2D eigenvalue weighted by atomic mass is 9.82. The summed E-state index contributed by atoms with van der Waals surface area (Å²) in [5.74, 6) is -0.187. The number of halogens is 1. The summed E-state index contributed by atoms with van der Waals surface area (Å²) in [5, 5.41) is 13.2. The van der Waals surface area contributed by atoms with Gasteiger partial charge in [-0.15, -0.1) is 0 Å². The second-order valence-corrected chi connectivity index (χ2v) is 5.72. The highest BCUT2D eigenvalue weighted by molar-refractivity contribution is 6.32. The lowest BCUT2D eigenvalue weighted by Crippen LogP contribution is -2.46. The minimum atomic E-state index is -0.825. The molecule has 0 radical (unpaired) electrons. The van der Waals surface area contributed by atoms with Gasteiger partial charge in [0, 0.05) is 19.7 Å². The van der Waals surface area contributed by atoms with Crippen LogP contribution in [0, 0.1) is 5.41 Å². The predicted molar refractivity (Wildman–Crippen MR) is 79.8 cm³/mol. The van der Waals surface area contributed by atoms with Crippen molar-refractivity contribution in [3.63, 3.8) is 0 Å². The van der Waals surface area contributed by atoms with Crippen LogP contribution in [0.15, 0.2) is 18.2 Å². The zero-order valence-corrected chi connectivity index (χ0v) is 12.8. The van der Waals surface area contributed by atoms with Gasteiger partial charge in [0.25, 0.3) is 0 Å². The molecule has 0 saturated carbocycles. The van der Waals surface area contributed by atoms with Crippen molar-refractivity contribution in [1.29, 1.82) is 0 Å². The van der Waals surface area contributed by atoms with Crippen LogP contribution < -0.4 is 10.1 Å². The maximum absolute atomic E-state index is 11.5. The van der Waals surface area contributed by atoms with E-state index in [2.05, 4.69) is 5.32 Å². The lowest BCUT2D eigenvalue weighted by molar-refractivity contribution is -0.156. The third-order valence-corrected chi connectivity index (χ3v) is 4.10. The fourth-order valence-corrected chi connectivity index (χ4v) is 2.69. The van der Waals surface area contributed by atoms with E-state index in [0.717, 1.165) is 12.0 Å². The standard InChI is InChI=1S/C15H20ClNO4/c1-20-13-7-11(3-4-12(13)16)8-17-9-15(14(18)19)5-2-6-21-10-15/h3-4,7,17H,2,5-6,8-10H2,1H3,(H,18,19). The molecule has 2 rings (SSSR count). The molecule has 5 nitrogen and oxygen atoms in total. The molecule has 1 unspecified atom stereocenters. The SMILES string of the molecule is COc1cc(CNCC2(C(=O)O)CCCOC2)ccc1Cl. The third-order valence-electron chi connectivity index (χ3n) is 3.78. The van der Waals surface area contributed by atoms with Gasteiger partial charge in [0.2, 0.25) is 0 Å². The minimum Gasteiger partial charge on any atom is -0.495 e. The molecular formula is C15H20ClNO4. The highest BCUT2D eigenvalue weighted by Crippen LogP contribution is 2.29. The molecule has 0 spiro atoms. The van der Waals surface area contributed by atoms with E-state index in [-0.39, 0.29) is 6.61 Å². The average molecular weight is 314 g/mol. The zero-order valence-electron chi connectivity index (χ0n) is 12.0. The maximum Gasteiger partial charge on any atom is 0.313 e. The summed E-state index contributed by atoms with van der Waals surface area (Å²) in [7, 11) is 1.57.